The van der Waals surface area contributed by atoms with E-state index in [0.29, 0.717) is 32.2 Å². The predicted molar refractivity (Wildman–Crippen MR) is 110 cm³/mol. The summed E-state index contributed by atoms with van der Waals surface area (Å²) in [6.45, 7) is 0. The number of aromatic nitrogens is 5. The van der Waals surface area contributed by atoms with Crippen LogP contribution in [0.25, 0.3) is 17.0 Å². The van der Waals surface area contributed by atoms with Gasteiger partial charge in [-0.1, -0.05) is 35.0 Å². The summed E-state index contributed by atoms with van der Waals surface area (Å²) < 4.78 is 1.65. The van der Waals surface area contributed by atoms with Crippen LogP contribution >= 0.6 is 35.0 Å². The molecule has 0 saturated carbocycles. The van der Waals surface area contributed by atoms with Crippen molar-refractivity contribution in [2.45, 2.75) is 5.03 Å². The Kier molecular flexibility index (Phi) is 5.43. The van der Waals surface area contributed by atoms with Crippen LogP contribution in [-0.2, 0) is 4.79 Å². The summed E-state index contributed by atoms with van der Waals surface area (Å²) in [5, 5.41) is 17.1. The first-order valence-corrected chi connectivity index (χ1v) is 9.85. The summed E-state index contributed by atoms with van der Waals surface area (Å²) in [7, 11) is 0. The maximum absolute atomic E-state index is 12.2. The number of hydrogen-bond acceptors (Lipinski definition) is 6. The lowest BCUT2D eigenvalue weighted by Gasteiger charge is -2.06. The zero-order valence-corrected chi connectivity index (χ0v) is 16.5. The van der Waals surface area contributed by atoms with E-state index in [4.69, 9.17) is 23.2 Å². The molecule has 1 amide bonds. The van der Waals surface area contributed by atoms with Gasteiger partial charge in [0.05, 0.1) is 15.8 Å². The van der Waals surface area contributed by atoms with Crippen molar-refractivity contribution < 1.29 is 4.79 Å². The molecule has 28 heavy (non-hydrogen) atoms. The van der Waals surface area contributed by atoms with Gasteiger partial charge in [0.25, 0.3) is 0 Å². The van der Waals surface area contributed by atoms with Gasteiger partial charge in [-0.3, -0.25) is 9.78 Å². The standard InChI is InChI=1S/C18H12Cl2N6OS/c19-13-2-1-12(9-14(13)20)22-16(27)10-28-17-4-3-15-23-24-18(26(15)25-17)11-5-7-21-8-6-11/h1-9H,10H2,(H,22,27). The molecular weight excluding hydrogens is 419 g/mol. The van der Waals surface area contributed by atoms with Gasteiger partial charge in [-0.05, 0) is 42.5 Å². The van der Waals surface area contributed by atoms with Crippen molar-refractivity contribution in [1.82, 2.24) is 24.8 Å². The van der Waals surface area contributed by atoms with Crippen LogP contribution in [0, 0.1) is 0 Å². The van der Waals surface area contributed by atoms with Gasteiger partial charge in [0, 0.05) is 23.6 Å². The zero-order valence-electron chi connectivity index (χ0n) is 14.2. The van der Waals surface area contributed by atoms with Crippen LogP contribution in [-0.4, -0.2) is 36.5 Å². The maximum atomic E-state index is 12.2. The Morgan fingerprint density at radius 2 is 1.86 bits per heavy atom. The highest BCUT2D eigenvalue weighted by Crippen LogP contribution is 2.25. The van der Waals surface area contributed by atoms with E-state index in [1.807, 2.05) is 18.2 Å². The molecule has 7 nitrogen and oxygen atoms in total. The Hall–Kier alpha value is -2.68. The number of benzene rings is 1. The quantitative estimate of drug-likeness (QED) is 0.477. The molecule has 10 heteroatoms. The fourth-order valence-corrected chi connectivity index (χ4v) is 3.39. The van der Waals surface area contributed by atoms with Gasteiger partial charge in [0.2, 0.25) is 5.91 Å². The van der Waals surface area contributed by atoms with Crippen molar-refractivity contribution in [2.24, 2.45) is 0 Å². The summed E-state index contributed by atoms with van der Waals surface area (Å²) in [4.78, 5) is 16.2. The first kappa shape index (κ1) is 18.7. The molecule has 3 aromatic heterocycles. The van der Waals surface area contributed by atoms with E-state index in [1.54, 1.807) is 41.2 Å². The Morgan fingerprint density at radius 1 is 1.04 bits per heavy atom. The molecule has 0 unspecified atom stereocenters. The molecular formula is C18H12Cl2N6OS. The molecule has 0 atom stereocenters. The number of nitrogens with one attached hydrogen (secondary N) is 1. The van der Waals surface area contributed by atoms with Crippen LogP contribution in [0.3, 0.4) is 0 Å². The number of halogens is 2. The van der Waals surface area contributed by atoms with Crippen LogP contribution in [0.15, 0.2) is 59.9 Å². The lowest BCUT2D eigenvalue weighted by Crippen LogP contribution is -2.14. The molecule has 0 aliphatic heterocycles. The molecule has 1 aromatic carbocycles. The fourth-order valence-electron chi connectivity index (χ4n) is 2.44. The smallest absolute Gasteiger partial charge is 0.234 e. The molecule has 1 N–H and O–H groups in total. The molecule has 0 fully saturated rings. The van der Waals surface area contributed by atoms with Crippen molar-refractivity contribution in [1.29, 1.82) is 0 Å². The van der Waals surface area contributed by atoms with Gasteiger partial charge in [0.1, 0.15) is 5.03 Å². The van der Waals surface area contributed by atoms with E-state index in [2.05, 4.69) is 25.6 Å². The summed E-state index contributed by atoms with van der Waals surface area (Å²) in [6, 6.07) is 12.2. The van der Waals surface area contributed by atoms with Crippen LogP contribution in [0.2, 0.25) is 10.0 Å². The minimum Gasteiger partial charge on any atom is -0.325 e. The second kappa shape index (κ2) is 8.14. The maximum Gasteiger partial charge on any atom is 0.234 e. The predicted octanol–water partition coefficient (Wildman–Crippen LogP) is 4.22. The number of amides is 1. The summed E-state index contributed by atoms with van der Waals surface area (Å²) in [5.41, 5.74) is 2.06. The van der Waals surface area contributed by atoms with Crippen molar-refractivity contribution in [3.63, 3.8) is 0 Å². The van der Waals surface area contributed by atoms with Gasteiger partial charge < -0.3 is 5.32 Å². The molecule has 0 radical (unpaired) electrons. The molecule has 140 valence electrons. The summed E-state index contributed by atoms with van der Waals surface area (Å²) in [5.74, 6) is 0.620. The van der Waals surface area contributed by atoms with Crippen molar-refractivity contribution >= 4 is 52.2 Å². The third-order valence-corrected chi connectivity index (χ3v) is 5.39. The van der Waals surface area contributed by atoms with Crippen molar-refractivity contribution in [3.8, 4) is 11.4 Å². The first-order chi connectivity index (χ1) is 13.6. The molecule has 4 rings (SSSR count). The fraction of sp³-hybridized carbons (Fsp3) is 0.0556. The van der Waals surface area contributed by atoms with E-state index in [9.17, 15) is 4.79 Å². The number of rotatable bonds is 5. The molecule has 0 spiro atoms. The zero-order chi connectivity index (χ0) is 19.5. The highest BCUT2D eigenvalue weighted by molar-refractivity contribution is 7.99. The van der Waals surface area contributed by atoms with Crippen molar-refractivity contribution in [3.05, 3.63) is 64.9 Å². The Labute approximate surface area is 174 Å². The molecule has 0 aliphatic carbocycles. The highest BCUT2D eigenvalue weighted by atomic mass is 35.5. The number of fused-ring (bicyclic) bond motifs is 1. The minimum absolute atomic E-state index is 0.177. The van der Waals surface area contributed by atoms with Crippen molar-refractivity contribution in [2.75, 3.05) is 11.1 Å². The van der Waals surface area contributed by atoms with E-state index in [-0.39, 0.29) is 11.7 Å². The molecule has 4 aromatic rings. The van der Waals surface area contributed by atoms with Gasteiger partial charge in [0.15, 0.2) is 11.5 Å². The molecule has 0 saturated heterocycles. The molecule has 0 aliphatic rings. The van der Waals surface area contributed by atoms with Gasteiger partial charge in [-0.2, -0.15) is 9.61 Å². The van der Waals surface area contributed by atoms with Gasteiger partial charge in [-0.15, -0.1) is 10.2 Å². The number of carbonyl (C=O) groups is 1. The van der Waals surface area contributed by atoms with Crippen LogP contribution in [0.5, 0.6) is 0 Å². The number of nitrogens with zero attached hydrogens (tertiary/aromatic N) is 5. The largest absolute Gasteiger partial charge is 0.325 e. The van der Waals surface area contributed by atoms with E-state index in [1.165, 1.54) is 11.8 Å². The van der Waals surface area contributed by atoms with Gasteiger partial charge >= 0.3 is 0 Å². The molecule has 0 bridgehead atoms. The average Bonchev–Trinajstić information content (AvgIpc) is 3.13. The Balaban J connectivity index is 1.47. The van der Waals surface area contributed by atoms with E-state index >= 15 is 0 Å². The van der Waals surface area contributed by atoms with Crippen LogP contribution < -0.4 is 5.32 Å². The average molecular weight is 431 g/mol. The highest BCUT2D eigenvalue weighted by Gasteiger charge is 2.11. The minimum atomic E-state index is -0.177. The summed E-state index contributed by atoms with van der Waals surface area (Å²) in [6.07, 6.45) is 3.37. The first-order valence-electron chi connectivity index (χ1n) is 8.11. The number of carbonyl (C=O) groups excluding carboxylic acids is 1. The van der Waals surface area contributed by atoms with Crippen LogP contribution in [0.4, 0.5) is 5.69 Å². The van der Waals surface area contributed by atoms with E-state index < -0.39 is 0 Å². The second-order valence-electron chi connectivity index (χ2n) is 5.67. The number of anilines is 1. The van der Waals surface area contributed by atoms with E-state index in [0.717, 1.165) is 5.56 Å². The SMILES string of the molecule is O=C(CSc1ccc2nnc(-c3ccncc3)n2n1)Nc1ccc(Cl)c(Cl)c1. The number of thioether (sulfide) groups is 1. The van der Waals surface area contributed by atoms with Crippen LogP contribution in [0.1, 0.15) is 0 Å². The topological polar surface area (TPSA) is 85.1 Å². The monoisotopic (exact) mass is 430 g/mol. The normalized spacial score (nSPS) is 10.9. The Bertz CT molecular complexity index is 1150. The lowest BCUT2D eigenvalue weighted by atomic mass is 10.2. The molecule has 3 heterocycles. The third kappa shape index (κ3) is 4.09. The lowest BCUT2D eigenvalue weighted by molar-refractivity contribution is -0.113. The number of pyridine rings is 1. The van der Waals surface area contributed by atoms with Gasteiger partial charge in [-0.25, -0.2) is 0 Å². The summed E-state index contributed by atoms with van der Waals surface area (Å²) >= 11 is 13.2. The number of hydrogen-bond donors (Lipinski definition) is 1. The Morgan fingerprint density at radius 3 is 2.64 bits per heavy atom. The third-order valence-electron chi connectivity index (χ3n) is 3.73. The second-order valence-corrected chi connectivity index (χ2v) is 7.48.